The van der Waals surface area contributed by atoms with Crippen molar-refractivity contribution in [3.8, 4) is 0 Å². The minimum atomic E-state index is -1.55. The topological polar surface area (TPSA) is 161 Å². The van der Waals surface area contributed by atoms with Gasteiger partial charge >= 0.3 is 6.16 Å². The summed E-state index contributed by atoms with van der Waals surface area (Å²) in [6.07, 6.45) is 2.27. The fourth-order valence-corrected chi connectivity index (χ4v) is 9.11. The van der Waals surface area contributed by atoms with Crippen molar-refractivity contribution >= 4 is 17.7 Å². The second-order valence-electron chi connectivity index (χ2n) is 12.9. The molecule has 7 atom stereocenters. The molecule has 12 heteroatoms. The molecule has 1 unspecified atom stereocenters. The van der Waals surface area contributed by atoms with Gasteiger partial charge in [-0.05, 0) is 75.0 Å². The molecule has 5 fully saturated rings. The Bertz CT molecular complexity index is 1470. The van der Waals surface area contributed by atoms with Gasteiger partial charge in [-0.15, -0.1) is 10.1 Å². The van der Waals surface area contributed by atoms with Gasteiger partial charge in [-0.3, -0.25) is 9.59 Å². The molecule has 6 bridgehead atoms. The second kappa shape index (κ2) is 10.9. The lowest BCUT2D eigenvalue weighted by Gasteiger charge is -2.61. The van der Waals surface area contributed by atoms with Crippen LogP contribution in [0, 0.1) is 38.7 Å². The molecule has 0 radical (unpaired) electrons. The fourth-order valence-electron chi connectivity index (χ4n) is 9.11. The van der Waals surface area contributed by atoms with E-state index in [1.54, 1.807) is 37.3 Å². The molecular weight excluding hydrogens is 574 g/mol. The van der Waals surface area contributed by atoms with Crippen molar-refractivity contribution in [1.29, 1.82) is 0 Å². The molecule has 6 aliphatic rings. The SMILES string of the molecule is CCOC(=O)O[C@@]12CC[C@H]3[C@@H]4CCC5=CC(=O)C(OCc6cccc(CO[N+](=O)[O-])c6)=C(OCC1=O)[C@]5(C)C4[C@H](O)C[C@]32C. The normalized spacial score (nSPS) is 35.4. The van der Waals surface area contributed by atoms with Gasteiger partial charge in [0.1, 0.15) is 13.2 Å². The number of ketones is 2. The number of aliphatic hydroxyl groups is 1. The number of nitrogens with zero attached hydrogens (tertiary/aromatic N) is 1. The van der Waals surface area contributed by atoms with E-state index in [0.29, 0.717) is 36.8 Å². The third-order valence-corrected chi connectivity index (χ3v) is 10.9. The van der Waals surface area contributed by atoms with E-state index in [-0.39, 0.29) is 55.5 Å². The molecule has 0 amide bonds. The van der Waals surface area contributed by atoms with Crippen molar-refractivity contribution in [1.82, 2.24) is 0 Å². The van der Waals surface area contributed by atoms with Gasteiger partial charge < -0.3 is 28.9 Å². The van der Waals surface area contributed by atoms with E-state index in [2.05, 4.69) is 4.84 Å². The number of benzene rings is 1. The Kier molecular flexibility index (Phi) is 7.46. The number of ether oxygens (including phenoxy) is 4. The zero-order valence-corrected chi connectivity index (χ0v) is 25.0. The third kappa shape index (κ3) is 4.48. The van der Waals surface area contributed by atoms with Crippen molar-refractivity contribution in [2.75, 3.05) is 13.2 Å². The van der Waals surface area contributed by atoms with Gasteiger partial charge in [0.15, 0.2) is 18.0 Å². The molecular formula is C32H37NO11. The number of rotatable bonds is 8. The molecule has 2 heterocycles. The molecule has 1 aromatic carbocycles. The van der Waals surface area contributed by atoms with E-state index in [4.69, 9.17) is 18.9 Å². The van der Waals surface area contributed by atoms with Crippen LogP contribution in [0.2, 0.25) is 0 Å². The summed E-state index contributed by atoms with van der Waals surface area (Å²) in [4.78, 5) is 55.6. The zero-order valence-electron chi connectivity index (χ0n) is 25.0. The zero-order chi connectivity index (χ0) is 31.4. The van der Waals surface area contributed by atoms with Crippen molar-refractivity contribution in [2.45, 2.75) is 77.8 Å². The highest BCUT2D eigenvalue weighted by atomic mass is 16.9. The largest absolute Gasteiger partial charge is 0.509 e. The Labute approximate surface area is 254 Å². The first kappa shape index (κ1) is 30.1. The van der Waals surface area contributed by atoms with Gasteiger partial charge in [-0.2, -0.15) is 0 Å². The Balaban J connectivity index is 1.40. The number of hydrogen-bond donors (Lipinski definition) is 1. The van der Waals surface area contributed by atoms with Crippen molar-refractivity contribution < 1.29 is 48.4 Å². The summed E-state index contributed by atoms with van der Waals surface area (Å²) < 4.78 is 23.5. The van der Waals surface area contributed by atoms with Gasteiger partial charge in [-0.1, -0.05) is 36.8 Å². The summed E-state index contributed by atoms with van der Waals surface area (Å²) >= 11 is 0. The highest BCUT2D eigenvalue weighted by Gasteiger charge is 2.72. The van der Waals surface area contributed by atoms with Gasteiger partial charge in [0.25, 0.3) is 5.09 Å². The molecule has 0 aromatic heterocycles. The average molecular weight is 612 g/mol. The predicted molar refractivity (Wildman–Crippen MR) is 151 cm³/mol. The number of allylic oxidation sites excluding steroid dienone is 2. The maximum absolute atomic E-state index is 14.2. The second-order valence-corrected chi connectivity index (χ2v) is 12.9. The minimum absolute atomic E-state index is 0.0156. The van der Waals surface area contributed by atoms with Crippen LogP contribution in [0.25, 0.3) is 0 Å². The molecule has 0 spiro atoms. The standard InChI is InChI=1S/C32H37NO11/c1-4-40-29(37)44-32-11-10-22-21-9-8-20-13-23(34)27(41-15-18-6-5-7-19(12-18)16-43-33(38)39)28(42-17-25(32)36)31(20,3)26(21)24(35)14-30(22,32)2/h5-7,12-13,21-22,24,26,35H,4,8-11,14-17H2,1-3H3/t21-,22-,24+,26?,30+,31-,32-/m0/s1. The smallest absolute Gasteiger partial charge is 0.485 e. The van der Waals surface area contributed by atoms with Crippen LogP contribution in [0.15, 0.2) is 47.4 Å². The predicted octanol–water partition coefficient (Wildman–Crippen LogP) is 4.36. The summed E-state index contributed by atoms with van der Waals surface area (Å²) in [6, 6.07) is 6.82. The number of Topliss-reactive ketones (excluding diaryl/α,β-unsaturated/α-hetero) is 1. The van der Waals surface area contributed by atoms with Crippen LogP contribution in [0.1, 0.15) is 64.0 Å². The van der Waals surface area contributed by atoms with Gasteiger partial charge in [0.05, 0.1) is 18.1 Å². The van der Waals surface area contributed by atoms with E-state index in [1.165, 1.54) is 0 Å². The monoisotopic (exact) mass is 611 g/mol. The van der Waals surface area contributed by atoms with Crippen LogP contribution < -0.4 is 0 Å². The molecule has 44 heavy (non-hydrogen) atoms. The molecule has 3 saturated carbocycles. The lowest BCUT2D eigenvalue weighted by molar-refractivity contribution is -0.763. The molecule has 1 N–H and O–H groups in total. The molecule has 2 aliphatic heterocycles. The quantitative estimate of drug-likeness (QED) is 0.253. The highest BCUT2D eigenvalue weighted by molar-refractivity contribution is 6.05. The summed E-state index contributed by atoms with van der Waals surface area (Å²) in [7, 11) is 0. The maximum Gasteiger partial charge on any atom is 0.509 e. The van der Waals surface area contributed by atoms with E-state index in [1.807, 2.05) is 13.8 Å². The molecule has 2 saturated heterocycles. The summed E-state index contributed by atoms with van der Waals surface area (Å²) in [6.45, 7) is 4.90. The van der Waals surface area contributed by atoms with Crippen molar-refractivity contribution in [3.05, 3.63) is 68.7 Å². The van der Waals surface area contributed by atoms with E-state index >= 15 is 0 Å². The lowest BCUT2D eigenvalue weighted by atomic mass is 9.45. The first-order chi connectivity index (χ1) is 20.9. The number of hydrogen-bond acceptors (Lipinski definition) is 11. The Morgan fingerprint density at radius 2 is 1.93 bits per heavy atom. The number of fused-ring (bicyclic) bond motifs is 3. The van der Waals surface area contributed by atoms with Crippen LogP contribution in [0.5, 0.6) is 0 Å². The Morgan fingerprint density at radius 1 is 1.18 bits per heavy atom. The van der Waals surface area contributed by atoms with E-state index < -0.39 is 52.0 Å². The van der Waals surface area contributed by atoms with Crippen LogP contribution in [-0.4, -0.2) is 52.8 Å². The van der Waals surface area contributed by atoms with Gasteiger partial charge in [0.2, 0.25) is 17.3 Å². The summed E-state index contributed by atoms with van der Waals surface area (Å²) in [5.74, 6) is -1.07. The van der Waals surface area contributed by atoms with Crippen LogP contribution in [0.3, 0.4) is 0 Å². The minimum Gasteiger partial charge on any atom is -0.485 e. The molecule has 12 nitrogen and oxygen atoms in total. The summed E-state index contributed by atoms with van der Waals surface area (Å²) in [5, 5.41) is 21.7. The van der Waals surface area contributed by atoms with Gasteiger partial charge in [-0.25, -0.2) is 4.79 Å². The molecule has 7 rings (SSSR count). The molecule has 4 aliphatic carbocycles. The van der Waals surface area contributed by atoms with Crippen LogP contribution in [0.4, 0.5) is 4.79 Å². The molecule has 236 valence electrons. The maximum atomic E-state index is 14.2. The van der Waals surface area contributed by atoms with E-state index in [0.717, 1.165) is 5.57 Å². The Hall–Kier alpha value is -3.93. The van der Waals surface area contributed by atoms with Crippen molar-refractivity contribution in [2.24, 2.45) is 28.6 Å². The lowest BCUT2D eigenvalue weighted by Crippen LogP contribution is -2.64. The fraction of sp³-hybridized carbons (Fsp3) is 0.594. The molecule has 1 aromatic rings. The first-order valence-electron chi connectivity index (χ1n) is 15.1. The van der Waals surface area contributed by atoms with Crippen LogP contribution >= 0.6 is 0 Å². The van der Waals surface area contributed by atoms with Gasteiger partial charge in [0, 0.05) is 11.3 Å². The summed E-state index contributed by atoms with van der Waals surface area (Å²) in [5.41, 5.74) is -1.25. The number of aliphatic hydroxyl groups excluding tert-OH is 1. The highest BCUT2D eigenvalue weighted by Crippen LogP contribution is 2.69. The Morgan fingerprint density at radius 3 is 2.66 bits per heavy atom. The first-order valence-corrected chi connectivity index (χ1v) is 15.1. The van der Waals surface area contributed by atoms with E-state index in [9.17, 15) is 29.6 Å². The number of carbonyl (C=O) groups is 3. The average Bonchev–Trinajstić information content (AvgIpc) is 3.25. The third-order valence-electron chi connectivity index (χ3n) is 10.9. The number of carbonyl (C=O) groups excluding carboxylic acids is 3. The van der Waals surface area contributed by atoms with Crippen LogP contribution in [-0.2, 0) is 46.6 Å². The van der Waals surface area contributed by atoms with Crippen molar-refractivity contribution in [3.63, 3.8) is 0 Å².